The molecule has 0 saturated carbocycles. The molecule has 5 nitrogen and oxygen atoms in total. The molecule has 7 heteroatoms. The standard InChI is InChI=1S/C18H21NO4S2/c1-24(20,21)16-8-9-17(18(11-16)25(2,22)23)19-12-13-6-7-14-4-3-5-15(14)10-13/h6-11,19H,3-5,12H2,1-2H3. The van der Waals surface area contributed by atoms with Crippen molar-refractivity contribution in [3.8, 4) is 0 Å². The van der Waals surface area contributed by atoms with Crippen molar-refractivity contribution in [1.29, 1.82) is 0 Å². The number of aryl methyl sites for hydroxylation is 2. The molecule has 2 aromatic rings. The van der Waals surface area contributed by atoms with Crippen molar-refractivity contribution < 1.29 is 16.8 Å². The average molecular weight is 380 g/mol. The predicted octanol–water partition coefficient (Wildman–Crippen LogP) is 2.59. The van der Waals surface area contributed by atoms with Gasteiger partial charge in [0, 0.05) is 19.1 Å². The van der Waals surface area contributed by atoms with Gasteiger partial charge in [-0.25, -0.2) is 16.8 Å². The molecule has 0 atom stereocenters. The van der Waals surface area contributed by atoms with Crippen molar-refractivity contribution in [3.05, 3.63) is 53.1 Å². The summed E-state index contributed by atoms with van der Waals surface area (Å²) in [6.07, 6.45) is 5.52. The molecule has 3 rings (SSSR count). The van der Waals surface area contributed by atoms with Gasteiger partial charge in [-0.15, -0.1) is 0 Å². The first-order chi connectivity index (χ1) is 11.6. The number of sulfone groups is 2. The Labute approximate surface area is 148 Å². The Morgan fingerprint density at radius 1 is 0.880 bits per heavy atom. The van der Waals surface area contributed by atoms with Crippen LogP contribution in [0.25, 0.3) is 0 Å². The lowest BCUT2D eigenvalue weighted by Crippen LogP contribution is -2.08. The average Bonchev–Trinajstić information content (AvgIpc) is 2.98. The Balaban J connectivity index is 1.89. The fraction of sp³-hybridized carbons (Fsp3) is 0.333. The largest absolute Gasteiger partial charge is 0.380 e. The first kappa shape index (κ1) is 17.9. The molecule has 25 heavy (non-hydrogen) atoms. The van der Waals surface area contributed by atoms with Crippen molar-refractivity contribution in [2.45, 2.75) is 35.6 Å². The van der Waals surface area contributed by atoms with Gasteiger partial charge in [-0.2, -0.15) is 0 Å². The third-order valence-electron chi connectivity index (χ3n) is 4.43. The van der Waals surface area contributed by atoms with E-state index in [4.69, 9.17) is 0 Å². The van der Waals surface area contributed by atoms with Gasteiger partial charge in [0.05, 0.1) is 15.5 Å². The van der Waals surface area contributed by atoms with Gasteiger partial charge in [0.2, 0.25) is 0 Å². The SMILES string of the molecule is CS(=O)(=O)c1ccc(NCc2ccc3c(c2)CCC3)c(S(C)(=O)=O)c1. The second kappa shape index (κ2) is 6.46. The number of hydrogen-bond donors (Lipinski definition) is 1. The molecule has 0 aromatic heterocycles. The fourth-order valence-electron chi connectivity index (χ4n) is 3.12. The molecule has 0 bridgehead atoms. The van der Waals surface area contributed by atoms with E-state index in [9.17, 15) is 16.8 Å². The highest BCUT2D eigenvalue weighted by Crippen LogP contribution is 2.27. The molecule has 0 amide bonds. The van der Waals surface area contributed by atoms with Gasteiger partial charge < -0.3 is 5.32 Å². The van der Waals surface area contributed by atoms with E-state index in [1.807, 2.05) is 6.07 Å². The van der Waals surface area contributed by atoms with Crippen molar-refractivity contribution in [1.82, 2.24) is 0 Å². The van der Waals surface area contributed by atoms with Crippen molar-refractivity contribution in [3.63, 3.8) is 0 Å². The molecule has 134 valence electrons. The molecule has 0 unspecified atom stereocenters. The highest BCUT2D eigenvalue weighted by atomic mass is 32.2. The summed E-state index contributed by atoms with van der Waals surface area (Å²) in [5.41, 5.74) is 4.23. The van der Waals surface area contributed by atoms with E-state index in [1.165, 1.54) is 35.7 Å². The van der Waals surface area contributed by atoms with E-state index >= 15 is 0 Å². The zero-order valence-electron chi connectivity index (χ0n) is 14.2. The summed E-state index contributed by atoms with van der Waals surface area (Å²) in [7, 11) is -7.03. The first-order valence-corrected chi connectivity index (χ1v) is 11.8. The molecule has 0 heterocycles. The minimum atomic E-state index is -3.56. The highest BCUT2D eigenvalue weighted by molar-refractivity contribution is 7.91. The number of anilines is 1. The lowest BCUT2D eigenvalue weighted by Gasteiger charge is -2.13. The lowest BCUT2D eigenvalue weighted by atomic mass is 10.1. The van der Waals surface area contributed by atoms with Crippen LogP contribution in [0.3, 0.4) is 0 Å². The monoisotopic (exact) mass is 379 g/mol. The molecule has 0 aliphatic heterocycles. The van der Waals surface area contributed by atoms with Gasteiger partial charge in [0.15, 0.2) is 19.7 Å². The first-order valence-electron chi connectivity index (χ1n) is 8.03. The van der Waals surface area contributed by atoms with Crippen molar-refractivity contribution in [2.75, 3.05) is 17.8 Å². The van der Waals surface area contributed by atoms with E-state index in [0.717, 1.165) is 30.9 Å². The highest BCUT2D eigenvalue weighted by Gasteiger charge is 2.18. The topological polar surface area (TPSA) is 80.3 Å². The summed E-state index contributed by atoms with van der Waals surface area (Å²) < 4.78 is 47.5. The van der Waals surface area contributed by atoms with E-state index in [-0.39, 0.29) is 9.79 Å². The number of fused-ring (bicyclic) bond motifs is 1. The van der Waals surface area contributed by atoms with Gasteiger partial charge in [0.1, 0.15) is 0 Å². The molecule has 1 aliphatic rings. The maximum atomic E-state index is 12.1. The zero-order valence-corrected chi connectivity index (χ0v) is 15.9. The van der Waals surface area contributed by atoms with Crippen LogP contribution in [0.15, 0.2) is 46.2 Å². The quantitative estimate of drug-likeness (QED) is 0.864. The zero-order chi connectivity index (χ0) is 18.2. The maximum Gasteiger partial charge on any atom is 0.177 e. The minimum absolute atomic E-state index is 0.00316. The van der Waals surface area contributed by atoms with Crippen molar-refractivity contribution in [2.24, 2.45) is 0 Å². The summed E-state index contributed by atoms with van der Waals surface area (Å²) in [5.74, 6) is 0. The van der Waals surface area contributed by atoms with Gasteiger partial charge >= 0.3 is 0 Å². The van der Waals surface area contributed by atoms with Crippen LogP contribution in [0.2, 0.25) is 0 Å². The lowest BCUT2D eigenvalue weighted by molar-refractivity contribution is 0.600. The van der Waals surface area contributed by atoms with Crippen molar-refractivity contribution >= 4 is 25.4 Å². The molecule has 0 saturated heterocycles. The molecule has 1 N–H and O–H groups in total. The van der Waals surface area contributed by atoms with Crippen LogP contribution >= 0.6 is 0 Å². The summed E-state index contributed by atoms with van der Waals surface area (Å²) in [5, 5.41) is 3.13. The summed E-state index contributed by atoms with van der Waals surface area (Å²) >= 11 is 0. The van der Waals surface area contributed by atoms with Gasteiger partial charge in [-0.3, -0.25) is 0 Å². The van der Waals surface area contributed by atoms with Crippen LogP contribution in [-0.2, 0) is 39.1 Å². The summed E-state index contributed by atoms with van der Waals surface area (Å²) in [4.78, 5) is -0.00686. The van der Waals surface area contributed by atoms with Crippen LogP contribution in [-0.4, -0.2) is 29.3 Å². The summed E-state index contributed by atoms with van der Waals surface area (Å²) in [6.45, 7) is 0.480. The number of hydrogen-bond acceptors (Lipinski definition) is 5. The van der Waals surface area contributed by atoms with Crippen LogP contribution in [0, 0.1) is 0 Å². The van der Waals surface area contributed by atoms with E-state index in [0.29, 0.717) is 12.2 Å². The Hall–Kier alpha value is -1.86. The smallest absolute Gasteiger partial charge is 0.177 e. The molecule has 0 fully saturated rings. The molecule has 1 aliphatic carbocycles. The van der Waals surface area contributed by atoms with Gasteiger partial charge in [0.25, 0.3) is 0 Å². The molecule has 2 aromatic carbocycles. The molecule has 0 spiro atoms. The predicted molar refractivity (Wildman–Crippen MR) is 98.5 cm³/mol. The van der Waals surface area contributed by atoms with Crippen LogP contribution in [0.5, 0.6) is 0 Å². The van der Waals surface area contributed by atoms with Gasteiger partial charge in [-0.05, 0) is 54.2 Å². The third kappa shape index (κ3) is 4.04. The Morgan fingerprint density at radius 2 is 1.60 bits per heavy atom. The second-order valence-electron chi connectivity index (χ2n) is 6.51. The van der Waals surface area contributed by atoms with E-state index in [2.05, 4.69) is 17.4 Å². The minimum Gasteiger partial charge on any atom is -0.380 e. The Kier molecular flexibility index (Phi) is 4.64. The van der Waals surface area contributed by atoms with Crippen LogP contribution < -0.4 is 5.32 Å². The van der Waals surface area contributed by atoms with Crippen LogP contribution in [0.1, 0.15) is 23.1 Å². The third-order valence-corrected chi connectivity index (χ3v) is 6.67. The number of benzene rings is 2. The molecular formula is C18H21NO4S2. The second-order valence-corrected chi connectivity index (χ2v) is 10.5. The Bertz CT molecular complexity index is 1030. The number of nitrogens with one attached hydrogen (secondary N) is 1. The van der Waals surface area contributed by atoms with Gasteiger partial charge in [-0.1, -0.05) is 18.2 Å². The normalized spacial score (nSPS) is 14.3. The van der Waals surface area contributed by atoms with E-state index < -0.39 is 19.7 Å². The summed E-state index contributed by atoms with van der Waals surface area (Å²) in [6, 6.07) is 10.5. The molecule has 0 radical (unpaired) electrons. The molecular weight excluding hydrogens is 358 g/mol. The van der Waals surface area contributed by atoms with E-state index in [1.54, 1.807) is 0 Å². The number of rotatable bonds is 5. The fourth-order valence-corrected chi connectivity index (χ4v) is 4.72. The Morgan fingerprint density at radius 3 is 2.28 bits per heavy atom. The van der Waals surface area contributed by atoms with Crippen LogP contribution in [0.4, 0.5) is 5.69 Å². The maximum absolute atomic E-state index is 12.1.